The lowest BCUT2D eigenvalue weighted by Gasteiger charge is -1.98. The Morgan fingerprint density at radius 1 is 1.24 bits per heavy atom. The molecule has 0 saturated carbocycles. The van der Waals surface area contributed by atoms with E-state index in [4.69, 9.17) is 0 Å². The molecule has 0 atom stereocenters. The summed E-state index contributed by atoms with van der Waals surface area (Å²) in [5.41, 5.74) is 1.93. The molecular weight excluding hydrogens is 232 g/mol. The van der Waals surface area contributed by atoms with Crippen LogP contribution >= 0.6 is 11.5 Å². The van der Waals surface area contributed by atoms with E-state index in [1.165, 1.54) is 11.5 Å². The molecular formula is C12H10N4S. The molecule has 0 unspecified atom stereocenters. The van der Waals surface area contributed by atoms with Gasteiger partial charge in [-0.2, -0.15) is 9.36 Å². The van der Waals surface area contributed by atoms with Crippen LogP contribution in [-0.2, 0) is 0 Å². The minimum Gasteiger partial charge on any atom is -0.363 e. The number of hydrogen-bond donors (Lipinski definition) is 1. The van der Waals surface area contributed by atoms with Crippen LogP contribution in [0.15, 0.2) is 36.5 Å². The average Bonchev–Trinajstić information content (AvgIpc) is 2.87. The van der Waals surface area contributed by atoms with Gasteiger partial charge in [0, 0.05) is 35.7 Å². The molecule has 0 fully saturated rings. The third-order valence-electron chi connectivity index (χ3n) is 2.49. The van der Waals surface area contributed by atoms with E-state index in [9.17, 15) is 0 Å². The zero-order chi connectivity index (χ0) is 11.7. The maximum atomic E-state index is 4.40. The molecule has 0 aliphatic rings. The van der Waals surface area contributed by atoms with E-state index in [-0.39, 0.29) is 0 Å². The lowest BCUT2D eigenvalue weighted by atomic mass is 10.1. The smallest absolute Gasteiger partial charge is 0.202 e. The van der Waals surface area contributed by atoms with Crippen molar-refractivity contribution in [2.45, 2.75) is 0 Å². The van der Waals surface area contributed by atoms with Crippen LogP contribution in [0, 0.1) is 0 Å². The van der Waals surface area contributed by atoms with Crippen molar-refractivity contribution in [3.8, 4) is 11.4 Å². The summed E-state index contributed by atoms with van der Waals surface area (Å²) in [5, 5.41) is 4.89. The van der Waals surface area contributed by atoms with Crippen LogP contribution in [0.4, 0.5) is 5.13 Å². The predicted octanol–water partition coefficient (Wildman–Crippen LogP) is 2.80. The number of fused-ring (bicyclic) bond motifs is 1. The van der Waals surface area contributed by atoms with Crippen molar-refractivity contribution < 1.29 is 0 Å². The fourth-order valence-electron chi connectivity index (χ4n) is 1.64. The van der Waals surface area contributed by atoms with Crippen molar-refractivity contribution in [3.63, 3.8) is 0 Å². The normalized spacial score (nSPS) is 10.6. The maximum Gasteiger partial charge on any atom is 0.202 e. The zero-order valence-electron chi connectivity index (χ0n) is 9.21. The molecule has 0 saturated heterocycles. The quantitative estimate of drug-likeness (QED) is 0.750. The molecule has 3 aromatic rings. The number of benzene rings is 1. The zero-order valence-corrected chi connectivity index (χ0v) is 10.0. The maximum absolute atomic E-state index is 4.40. The number of nitrogens with one attached hydrogen (secondary N) is 1. The molecule has 1 aromatic carbocycles. The topological polar surface area (TPSA) is 50.7 Å². The molecule has 2 heterocycles. The van der Waals surface area contributed by atoms with Gasteiger partial charge in [-0.1, -0.05) is 18.2 Å². The highest BCUT2D eigenvalue weighted by Gasteiger charge is 2.06. The molecule has 1 N–H and O–H groups in total. The Hall–Kier alpha value is -2.01. The molecule has 0 bridgehead atoms. The van der Waals surface area contributed by atoms with Gasteiger partial charge in [0.15, 0.2) is 5.82 Å². The number of hydrogen-bond acceptors (Lipinski definition) is 5. The van der Waals surface area contributed by atoms with Crippen molar-refractivity contribution in [1.82, 2.24) is 14.3 Å². The standard InChI is InChI=1S/C12H10N4S/c1-13-12-15-11(16-17-12)9-6-8-4-2-3-5-10(8)14-7-9/h2-7H,1H3,(H,13,15,16). The van der Waals surface area contributed by atoms with E-state index >= 15 is 0 Å². The third-order valence-corrected chi connectivity index (χ3v) is 3.22. The Morgan fingerprint density at radius 3 is 2.94 bits per heavy atom. The Morgan fingerprint density at radius 2 is 2.12 bits per heavy atom. The first-order valence-corrected chi connectivity index (χ1v) is 6.01. The molecule has 0 amide bonds. The average molecular weight is 242 g/mol. The van der Waals surface area contributed by atoms with Crippen LogP contribution < -0.4 is 5.32 Å². The molecule has 84 valence electrons. The van der Waals surface area contributed by atoms with Gasteiger partial charge in [-0.3, -0.25) is 4.98 Å². The fraction of sp³-hybridized carbons (Fsp3) is 0.0833. The predicted molar refractivity (Wildman–Crippen MR) is 70.2 cm³/mol. The van der Waals surface area contributed by atoms with Crippen LogP contribution in [0.2, 0.25) is 0 Å². The molecule has 17 heavy (non-hydrogen) atoms. The third kappa shape index (κ3) is 1.85. The number of nitrogens with zero attached hydrogens (tertiary/aromatic N) is 3. The summed E-state index contributed by atoms with van der Waals surface area (Å²) in [6, 6.07) is 10.1. The van der Waals surface area contributed by atoms with Crippen LogP contribution in [0.5, 0.6) is 0 Å². The minimum absolute atomic E-state index is 0.720. The van der Waals surface area contributed by atoms with Crippen LogP contribution in [-0.4, -0.2) is 21.4 Å². The molecule has 4 nitrogen and oxygen atoms in total. The van der Waals surface area contributed by atoms with E-state index in [0.717, 1.165) is 27.4 Å². The van der Waals surface area contributed by atoms with Crippen molar-refractivity contribution >= 4 is 27.6 Å². The summed E-state index contributed by atoms with van der Waals surface area (Å²) in [6.45, 7) is 0. The van der Waals surface area contributed by atoms with Gasteiger partial charge in [0.05, 0.1) is 5.52 Å². The first-order valence-electron chi connectivity index (χ1n) is 5.23. The van der Waals surface area contributed by atoms with Crippen molar-refractivity contribution in [2.75, 3.05) is 12.4 Å². The fourth-order valence-corrected chi connectivity index (χ4v) is 2.17. The van der Waals surface area contributed by atoms with E-state index in [1.54, 1.807) is 0 Å². The second-order valence-electron chi connectivity index (χ2n) is 3.59. The first kappa shape index (κ1) is 10.2. The summed E-state index contributed by atoms with van der Waals surface area (Å²) in [6.07, 6.45) is 1.81. The van der Waals surface area contributed by atoms with Gasteiger partial charge in [0.1, 0.15) is 0 Å². The van der Waals surface area contributed by atoms with E-state index < -0.39 is 0 Å². The second kappa shape index (κ2) is 4.10. The highest BCUT2D eigenvalue weighted by molar-refractivity contribution is 7.09. The lowest BCUT2D eigenvalue weighted by molar-refractivity contribution is 1.29. The Balaban J connectivity index is 2.11. The van der Waals surface area contributed by atoms with Crippen LogP contribution in [0.1, 0.15) is 0 Å². The number of pyridine rings is 1. The van der Waals surface area contributed by atoms with Crippen molar-refractivity contribution in [3.05, 3.63) is 36.5 Å². The highest BCUT2D eigenvalue weighted by Crippen LogP contribution is 2.23. The highest BCUT2D eigenvalue weighted by atomic mass is 32.1. The summed E-state index contributed by atoms with van der Waals surface area (Å²) >= 11 is 1.35. The van der Waals surface area contributed by atoms with Crippen molar-refractivity contribution in [1.29, 1.82) is 0 Å². The van der Waals surface area contributed by atoms with Gasteiger partial charge in [0.2, 0.25) is 5.13 Å². The summed E-state index contributed by atoms with van der Waals surface area (Å²) in [5.74, 6) is 0.720. The van der Waals surface area contributed by atoms with Gasteiger partial charge in [-0.15, -0.1) is 0 Å². The number of rotatable bonds is 2. The second-order valence-corrected chi connectivity index (χ2v) is 4.34. The van der Waals surface area contributed by atoms with Crippen LogP contribution in [0.25, 0.3) is 22.3 Å². The van der Waals surface area contributed by atoms with Gasteiger partial charge in [0.25, 0.3) is 0 Å². The van der Waals surface area contributed by atoms with E-state index in [0.29, 0.717) is 0 Å². The van der Waals surface area contributed by atoms with Crippen molar-refractivity contribution in [2.24, 2.45) is 0 Å². The Labute approximate surface area is 103 Å². The molecule has 0 radical (unpaired) electrons. The van der Waals surface area contributed by atoms with Gasteiger partial charge in [-0.05, 0) is 12.1 Å². The SMILES string of the molecule is CNc1nc(-c2cnc3ccccc3c2)ns1. The number of anilines is 1. The first-order chi connectivity index (χ1) is 8.36. The van der Waals surface area contributed by atoms with E-state index in [1.807, 2.05) is 37.5 Å². The Bertz CT molecular complexity index is 662. The summed E-state index contributed by atoms with van der Waals surface area (Å²) in [4.78, 5) is 8.76. The molecule has 0 aliphatic carbocycles. The number of aromatic nitrogens is 3. The molecule has 2 aromatic heterocycles. The summed E-state index contributed by atoms with van der Waals surface area (Å²) < 4.78 is 4.29. The van der Waals surface area contributed by atoms with Gasteiger partial charge < -0.3 is 5.32 Å². The number of para-hydroxylation sites is 1. The largest absolute Gasteiger partial charge is 0.363 e. The van der Waals surface area contributed by atoms with Crippen LogP contribution in [0.3, 0.4) is 0 Å². The molecule has 3 rings (SSSR count). The Kier molecular flexibility index (Phi) is 2.45. The van der Waals surface area contributed by atoms with Gasteiger partial charge >= 0.3 is 0 Å². The molecule has 5 heteroatoms. The lowest BCUT2D eigenvalue weighted by Crippen LogP contribution is -1.87. The minimum atomic E-state index is 0.720. The van der Waals surface area contributed by atoms with Gasteiger partial charge in [-0.25, -0.2) is 0 Å². The molecule has 0 aliphatic heterocycles. The van der Waals surface area contributed by atoms with E-state index in [2.05, 4.69) is 25.7 Å². The summed E-state index contributed by atoms with van der Waals surface area (Å²) in [7, 11) is 1.84. The molecule has 0 spiro atoms. The monoisotopic (exact) mass is 242 g/mol.